The Kier molecular flexibility index (Phi) is 8.92. The maximum absolute atomic E-state index is 13.5. The van der Waals surface area contributed by atoms with Crippen molar-refractivity contribution in [3.05, 3.63) is 70.7 Å². The van der Waals surface area contributed by atoms with Crippen LogP contribution in [-0.4, -0.2) is 36.0 Å². The van der Waals surface area contributed by atoms with Crippen molar-refractivity contribution in [2.75, 3.05) is 13.2 Å². The van der Waals surface area contributed by atoms with E-state index in [2.05, 4.69) is 5.32 Å². The number of hydrogen-bond donors (Lipinski definition) is 1. The van der Waals surface area contributed by atoms with E-state index in [9.17, 15) is 9.59 Å². The molecule has 0 unspecified atom stereocenters. The summed E-state index contributed by atoms with van der Waals surface area (Å²) in [7, 11) is 0. The van der Waals surface area contributed by atoms with Gasteiger partial charge in [-0.25, -0.2) is 0 Å². The highest BCUT2D eigenvalue weighted by molar-refractivity contribution is 6.30. The van der Waals surface area contributed by atoms with Crippen molar-refractivity contribution in [3.8, 4) is 0 Å². The van der Waals surface area contributed by atoms with Gasteiger partial charge < -0.3 is 10.1 Å². The van der Waals surface area contributed by atoms with Gasteiger partial charge >= 0.3 is 5.97 Å². The summed E-state index contributed by atoms with van der Waals surface area (Å²) in [4.78, 5) is 27.8. The molecule has 0 aliphatic heterocycles. The lowest BCUT2D eigenvalue weighted by molar-refractivity contribution is -0.146. The summed E-state index contributed by atoms with van der Waals surface area (Å²) >= 11 is 6.10. The van der Waals surface area contributed by atoms with Crippen LogP contribution in [0.4, 0.5) is 0 Å². The van der Waals surface area contributed by atoms with Crippen LogP contribution in [0.15, 0.2) is 54.6 Å². The fraction of sp³-hybridized carbons (Fsp3) is 0.440. The van der Waals surface area contributed by atoms with E-state index in [0.717, 1.165) is 36.8 Å². The Hall–Kier alpha value is -2.37. The van der Waals surface area contributed by atoms with Gasteiger partial charge in [-0.1, -0.05) is 73.3 Å². The fourth-order valence-electron chi connectivity index (χ4n) is 4.13. The summed E-state index contributed by atoms with van der Waals surface area (Å²) in [5.74, 6) is -0.433. The Morgan fingerprint density at radius 1 is 1.06 bits per heavy atom. The molecule has 0 aromatic heterocycles. The Balaban J connectivity index is 1.90. The van der Waals surface area contributed by atoms with E-state index in [1.54, 1.807) is 19.1 Å². The minimum absolute atomic E-state index is 0.0219. The zero-order valence-electron chi connectivity index (χ0n) is 18.1. The number of carbonyl (C=O) groups excluding carboxylic acids is 2. The molecular formula is C25H31ClN2O3. The number of rotatable bonds is 9. The number of carbonyl (C=O) groups is 2. The van der Waals surface area contributed by atoms with Gasteiger partial charge in [-0.05, 0) is 43.0 Å². The second-order valence-corrected chi connectivity index (χ2v) is 8.43. The Labute approximate surface area is 189 Å². The molecule has 0 saturated heterocycles. The second-order valence-electron chi connectivity index (χ2n) is 7.99. The standard InChI is InChI=1S/C25H31ClN2O3/c1-2-31-23(29)18-28(17-19-9-5-3-6-10-19)24(20-13-15-21(26)16-14-20)25(30)27-22-11-7-4-8-12-22/h3,5-6,9-10,13-16,22,24H,2,4,7-8,11-12,17-18H2,1H3,(H,27,30)/t24-/m0/s1. The van der Waals surface area contributed by atoms with E-state index < -0.39 is 6.04 Å². The van der Waals surface area contributed by atoms with Crippen LogP contribution >= 0.6 is 11.6 Å². The molecule has 1 saturated carbocycles. The van der Waals surface area contributed by atoms with Crippen molar-refractivity contribution in [3.63, 3.8) is 0 Å². The van der Waals surface area contributed by atoms with Gasteiger partial charge in [-0.3, -0.25) is 14.5 Å². The quantitative estimate of drug-likeness (QED) is 0.561. The van der Waals surface area contributed by atoms with Crippen molar-refractivity contribution < 1.29 is 14.3 Å². The molecule has 31 heavy (non-hydrogen) atoms. The van der Waals surface area contributed by atoms with Gasteiger partial charge in [0.25, 0.3) is 0 Å². The normalized spacial score (nSPS) is 15.5. The summed E-state index contributed by atoms with van der Waals surface area (Å²) in [6, 6.07) is 16.7. The number of benzene rings is 2. The predicted octanol–water partition coefficient (Wildman–Crippen LogP) is 4.90. The van der Waals surface area contributed by atoms with Crippen LogP contribution < -0.4 is 5.32 Å². The van der Waals surface area contributed by atoms with Crippen molar-refractivity contribution in [2.24, 2.45) is 0 Å². The Morgan fingerprint density at radius 2 is 1.74 bits per heavy atom. The molecular weight excluding hydrogens is 412 g/mol. The van der Waals surface area contributed by atoms with Gasteiger partial charge in [0.1, 0.15) is 6.04 Å². The monoisotopic (exact) mass is 442 g/mol. The first-order valence-electron chi connectivity index (χ1n) is 11.1. The third-order valence-corrected chi connectivity index (χ3v) is 5.87. The molecule has 1 aliphatic rings. The molecule has 1 atom stereocenters. The number of nitrogens with zero attached hydrogens (tertiary/aromatic N) is 1. The van der Waals surface area contributed by atoms with Gasteiger partial charge in [0.2, 0.25) is 5.91 Å². The molecule has 1 fully saturated rings. The fourth-order valence-corrected chi connectivity index (χ4v) is 4.25. The first kappa shape index (κ1) is 23.3. The van der Waals surface area contributed by atoms with Gasteiger partial charge in [0.15, 0.2) is 0 Å². The molecule has 3 rings (SSSR count). The van der Waals surface area contributed by atoms with Crippen molar-refractivity contribution in [2.45, 2.75) is 57.7 Å². The van der Waals surface area contributed by atoms with Gasteiger partial charge in [-0.2, -0.15) is 0 Å². The minimum atomic E-state index is -0.621. The van der Waals surface area contributed by atoms with Crippen LogP contribution in [0.5, 0.6) is 0 Å². The summed E-state index contributed by atoms with van der Waals surface area (Å²) < 4.78 is 5.21. The molecule has 166 valence electrons. The van der Waals surface area contributed by atoms with Crippen LogP contribution in [0.3, 0.4) is 0 Å². The van der Waals surface area contributed by atoms with Gasteiger partial charge in [-0.15, -0.1) is 0 Å². The lowest BCUT2D eigenvalue weighted by Gasteiger charge is -2.32. The zero-order valence-corrected chi connectivity index (χ0v) is 18.8. The maximum atomic E-state index is 13.5. The summed E-state index contributed by atoms with van der Waals surface area (Å²) in [6.45, 7) is 2.56. The zero-order chi connectivity index (χ0) is 22.1. The first-order valence-corrected chi connectivity index (χ1v) is 11.4. The van der Waals surface area contributed by atoms with Crippen LogP contribution in [0, 0.1) is 0 Å². The van der Waals surface area contributed by atoms with E-state index in [1.807, 2.05) is 47.4 Å². The first-order chi connectivity index (χ1) is 15.1. The highest BCUT2D eigenvalue weighted by Crippen LogP contribution is 2.26. The average Bonchev–Trinajstić information content (AvgIpc) is 2.77. The van der Waals surface area contributed by atoms with E-state index in [0.29, 0.717) is 18.2 Å². The SMILES string of the molecule is CCOC(=O)CN(Cc1ccccc1)[C@H](C(=O)NC1CCCCC1)c1ccc(Cl)cc1. The molecule has 1 aliphatic carbocycles. The van der Waals surface area contributed by atoms with E-state index >= 15 is 0 Å². The Bertz CT molecular complexity index is 836. The number of ether oxygens (including phenoxy) is 1. The van der Waals surface area contributed by atoms with Crippen molar-refractivity contribution >= 4 is 23.5 Å². The maximum Gasteiger partial charge on any atom is 0.320 e. The molecule has 0 radical (unpaired) electrons. The number of amides is 1. The molecule has 2 aromatic rings. The van der Waals surface area contributed by atoms with E-state index in [1.165, 1.54) is 6.42 Å². The number of halogens is 1. The van der Waals surface area contributed by atoms with Gasteiger partial charge in [0, 0.05) is 17.6 Å². The lowest BCUT2D eigenvalue weighted by atomic mass is 9.94. The van der Waals surface area contributed by atoms with E-state index in [-0.39, 0.29) is 24.5 Å². The molecule has 1 N–H and O–H groups in total. The molecule has 2 aromatic carbocycles. The topological polar surface area (TPSA) is 58.6 Å². The third kappa shape index (κ3) is 7.08. The summed E-state index contributed by atoms with van der Waals surface area (Å²) in [5, 5.41) is 3.84. The molecule has 1 amide bonds. The third-order valence-electron chi connectivity index (χ3n) is 5.62. The molecule has 5 nitrogen and oxygen atoms in total. The molecule has 0 heterocycles. The lowest BCUT2D eigenvalue weighted by Crippen LogP contribution is -2.46. The predicted molar refractivity (Wildman–Crippen MR) is 123 cm³/mol. The minimum Gasteiger partial charge on any atom is -0.465 e. The van der Waals surface area contributed by atoms with Crippen molar-refractivity contribution in [1.82, 2.24) is 10.2 Å². The summed E-state index contributed by atoms with van der Waals surface area (Å²) in [6.07, 6.45) is 5.47. The summed E-state index contributed by atoms with van der Waals surface area (Å²) in [5.41, 5.74) is 1.83. The van der Waals surface area contributed by atoms with Gasteiger partial charge in [0.05, 0.1) is 13.2 Å². The largest absolute Gasteiger partial charge is 0.465 e. The second kappa shape index (κ2) is 11.9. The number of esters is 1. The number of nitrogens with one attached hydrogen (secondary N) is 1. The van der Waals surface area contributed by atoms with Crippen LogP contribution in [0.25, 0.3) is 0 Å². The van der Waals surface area contributed by atoms with Crippen LogP contribution in [0.1, 0.15) is 56.2 Å². The molecule has 0 bridgehead atoms. The Morgan fingerprint density at radius 3 is 2.39 bits per heavy atom. The van der Waals surface area contributed by atoms with Crippen molar-refractivity contribution in [1.29, 1.82) is 0 Å². The van der Waals surface area contributed by atoms with E-state index in [4.69, 9.17) is 16.3 Å². The highest BCUT2D eigenvalue weighted by atomic mass is 35.5. The smallest absolute Gasteiger partial charge is 0.320 e. The average molecular weight is 443 g/mol. The number of hydrogen-bond acceptors (Lipinski definition) is 4. The van der Waals surface area contributed by atoms with Crippen LogP contribution in [0.2, 0.25) is 5.02 Å². The molecule has 6 heteroatoms. The highest BCUT2D eigenvalue weighted by Gasteiger charge is 2.31. The molecule has 0 spiro atoms. The van der Waals surface area contributed by atoms with Crippen LogP contribution in [-0.2, 0) is 20.9 Å².